The van der Waals surface area contributed by atoms with Gasteiger partial charge in [0.1, 0.15) is 12.4 Å². The Morgan fingerprint density at radius 3 is 2.76 bits per heavy atom. The first-order valence-corrected chi connectivity index (χ1v) is 6.36. The number of ether oxygens (including phenoxy) is 1. The van der Waals surface area contributed by atoms with E-state index in [9.17, 15) is 0 Å². The Kier molecular flexibility index (Phi) is 4.20. The van der Waals surface area contributed by atoms with E-state index in [1.165, 1.54) is 12.8 Å². The van der Waals surface area contributed by atoms with Crippen molar-refractivity contribution < 1.29 is 4.74 Å². The second-order valence-corrected chi connectivity index (χ2v) is 4.69. The normalized spacial score (nSPS) is 14.2. The van der Waals surface area contributed by atoms with Crippen molar-refractivity contribution in [1.82, 2.24) is 10.2 Å². The van der Waals surface area contributed by atoms with Crippen LogP contribution in [0.15, 0.2) is 30.3 Å². The Morgan fingerprint density at radius 2 is 2.12 bits per heavy atom. The average Bonchev–Trinajstić information content (AvgIpc) is 3.14. The average molecular weight is 250 g/mol. The molecule has 1 aliphatic carbocycles. The highest BCUT2D eigenvalue weighted by atomic mass is 32.1. The molecule has 1 fully saturated rings. The molecule has 3 nitrogen and oxygen atoms in total. The van der Waals surface area contributed by atoms with E-state index >= 15 is 0 Å². The van der Waals surface area contributed by atoms with E-state index in [4.69, 9.17) is 17.0 Å². The number of nitrogens with one attached hydrogen (secondary N) is 1. The summed E-state index contributed by atoms with van der Waals surface area (Å²) in [5.41, 5.74) is 0. The van der Waals surface area contributed by atoms with E-state index in [-0.39, 0.29) is 0 Å². The van der Waals surface area contributed by atoms with Crippen LogP contribution >= 0.6 is 12.2 Å². The Morgan fingerprint density at radius 1 is 1.41 bits per heavy atom. The lowest BCUT2D eigenvalue weighted by molar-refractivity contribution is 0.283. The maximum Gasteiger partial charge on any atom is 0.169 e. The van der Waals surface area contributed by atoms with Crippen LogP contribution in [0.3, 0.4) is 0 Å². The number of benzene rings is 1. The summed E-state index contributed by atoms with van der Waals surface area (Å²) in [6.07, 6.45) is 2.49. The number of rotatable bonds is 5. The molecule has 1 aromatic carbocycles. The number of para-hydroxylation sites is 1. The highest BCUT2D eigenvalue weighted by molar-refractivity contribution is 7.80. The van der Waals surface area contributed by atoms with Crippen molar-refractivity contribution in [2.24, 2.45) is 0 Å². The zero-order valence-electron chi connectivity index (χ0n) is 10.1. The Bertz CT molecular complexity index is 365. The van der Waals surface area contributed by atoms with Gasteiger partial charge in [0.2, 0.25) is 0 Å². The third kappa shape index (κ3) is 4.23. The van der Waals surface area contributed by atoms with E-state index in [0.29, 0.717) is 12.6 Å². The van der Waals surface area contributed by atoms with Crippen molar-refractivity contribution in [3.63, 3.8) is 0 Å². The maximum atomic E-state index is 5.62. The Labute approximate surface area is 108 Å². The molecule has 1 aliphatic rings. The minimum atomic E-state index is 0.611. The number of hydrogen-bond acceptors (Lipinski definition) is 2. The lowest BCUT2D eigenvalue weighted by Crippen LogP contribution is -2.40. The summed E-state index contributed by atoms with van der Waals surface area (Å²) in [6, 6.07) is 10.5. The summed E-state index contributed by atoms with van der Waals surface area (Å²) in [6.45, 7) is 1.44. The van der Waals surface area contributed by atoms with E-state index in [1.807, 2.05) is 42.3 Å². The summed E-state index contributed by atoms with van der Waals surface area (Å²) < 4.78 is 5.62. The summed E-state index contributed by atoms with van der Waals surface area (Å²) in [5.74, 6) is 0.905. The van der Waals surface area contributed by atoms with Gasteiger partial charge in [-0.05, 0) is 37.2 Å². The summed E-state index contributed by atoms with van der Waals surface area (Å²) in [7, 11) is 1.99. The van der Waals surface area contributed by atoms with Gasteiger partial charge >= 0.3 is 0 Å². The Balaban J connectivity index is 1.65. The molecule has 0 aliphatic heterocycles. The number of hydrogen-bond donors (Lipinski definition) is 1. The molecule has 0 spiro atoms. The fraction of sp³-hybridized carbons (Fsp3) is 0.462. The second kappa shape index (κ2) is 5.87. The molecule has 1 N–H and O–H groups in total. The van der Waals surface area contributed by atoms with Gasteiger partial charge in [0.15, 0.2) is 5.11 Å². The molecular weight excluding hydrogens is 232 g/mol. The van der Waals surface area contributed by atoms with E-state index < -0.39 is 0 Å². The molecule has 0 heterocycles. The third-order valence-electron chi connectivity index (χ3n) is 2.69. The quantitative estimate of drug-likeness (QED) is 0.808. The van der Waals surface area contributed by atoms with Crippen LogP contribution in [-0.4, -0.2) is 36.3 Å². The van der Waals surface area contributed by atoms with Gasteiger partial charge in [-0.2, -0.15) is 0 Å². The topological polar surface area (TPSA) is 24.5 Å². The van der Waals surface area contributed by atoms with E-state index in [0.717, 1.165) is 17.4 Å². The van der Waals surface area contributed by atoms with Crippen LogP contribution in [-0.2, 0) is 0 Å². The molecule has 0 unspecified atom stereocenters. The SMILES string of the molecule is CN(CCOc1ccccc1)C(=S)NC1CC1. The minimum absolute atomic E-state index is 0.611. The van der Waals surface area contributed by atoms with Gasteiger partial charge in [0.25, 0.3) is 0 Å². The van der Waals surface area contributed by atoms with Crippen LogP contribution in [0.1, 0.15) is 12.8 Å². The largest absolute Gasteiger partial charge is 0.492 e. The van der Waals surface area contributed by atoms with Gasteiger partial charge in [-0.3, -0.25) is 0 Å². The van der Waals surface area contributed by atoms with Crippen LogP contribution in [0.25, 0.3) is 0 Å². The molecule has 92 valence electrons. The van der Waals surface area contributed by atoms with E-state index in [2.05, 4.69) is 5.32 Å². The van der Waals surface area contributed by atoms with Gasteiger partial charge in [-0.1, -0.05) is 18.2 Å². The molecular formula is C13H18N2OS. The zero-order valence-corrected chi connectivity index (χ0v) is 10.9. The van der Waals surface area contributed by atoms with Gasteiger partial charge in [-0.25, -0.2) is 0 Å². The van der Waals surface area contributed by atoms with Crippen LogP contribution in [0.5, 0.6) is 5.75 Å². The lowest BCUT2D eigenvalue weighted by atomic mass is 10.3. The van der Waals surface area contributed by atoms with Crippen molar-refractivity contribution in [1.29, 1.82) is 0 Å². The third-order valence-corrected chi connectivity index (χ3v) is 3.12. The zero-order chi connectivity index (χ0) is 12.1. The first kappa shape index (κ1) is 12.2. The molecule has 0 aromatic heterocycles. The monoisotopic (exact) mass is 250 g/mol. The van der Waals surface area contributed by atoms with Crippen molar-refractivity contribution in [3.8, 4) is 5.75 Å². The van der Waals surface area contributed by atoms with Crippen molar-refractivity contribution >= 4 is 17.3 Å². The minimum Gasteiger partial charge on any atom is -0.492 e. The highest BCUT2D eigenvalue weighted by Crippen LogP contribution is 2.18. The molecule has 0 atom stereocenters. The molecule has 1 aromatic rings. The van der Waals surface area contributed by atoms with Gasteiger partial charge in [-0.15, -0.1) is 0 Å². The lowest BCUT2D eigenvalue weighted by Gasteiger charge is -2.20. The van der Waals surface area contributed by atoms with Crippen LogP contribution in [0.4, 0.5) is 0 Å². The van der Waals surface area contributed by atoms with Crippen molar-refractivity contribution in [2.75, 3.05) is 20.2 Å². The smallest absolute Gasteiger partial charge is 0.169 e. The molecule has 2 rings (SSSR count). The van der Waals surface area contributed by atoms with Gasteiger partial charge in [0.05, 0.1) is 6.54 Å². The summed E-state index contributed by atoms with van der Waals surface area (Å²) >= 11 is 5.28. The predicted molar refractivity (Wildman–Crippen MR) is 73.3 cm³/mol. The molecule has 1 saturated carbocycles. The standard InChI is InChI=1S/C13H18N2OS/c1-15(13(17)14-11-7-8-11)9-10-16-12-5-3-2-4-6-12/h2-6,11H,7-10H2,1H3,(H,14,17). The Hall–Kier alpha value is -1.29. The predicted octanol–water partition coefficient (Wildman–Crippen LogP) is 2.03. The molecule has 0 bridgehead atoms. The van der Waals surface area contributed by atoms with E-state index in [1.54, 1.807) is 0 Å². The first-order valence-electron chi connectivity index (χ1n) is 5.95. The van der Waals surface area contributed by atoms with Crippen LogP contribution in [0.2, 0.25) is 0 Å². The van der Waals surface area contributed by atoms with Crippen molar-refractivity contribution in [2.45, 2.75) is 18.9 Å². The first-order chi connectivity index (χ1) is 8.25. The fourth-order valence-electron chi connectivity index (χ4n) is 1.43. The summed E-state index contributed by atoms with van der Waals surface area (Å²) in [4.78, 5) is 2.02. The number of likely N-dealkylation sites (N-methyl/N-ethyl adjacent to an activating group) is 1. The number of thiocarbonyl (C=S) groups is 1. The molecule has 0 saturated heterocycles. The number of nitrogens with zero attached hydrogens (tertiary/aromatic N) is 1. The van der Waals surface area contributed by atoms with Crippen molar-refractivity contribution in [3.05, 3.63) is 30.3 Å². The highest BCUT2D eigenvalue weighted by Gasteiger charge is 2.22. The maximum absolute atomic E-state index is 5.62. The van der Waals surface area contributed by atoms with Gasteiger partial charge in [0, 0.05) is 13.1 Å². The molecule has 0 amide bonds. The molecule has 4 heteroatoms. The molecule has 17 heavy (non-hydrogen) atoms. The van der Waals surface area contributed by atoms with Gasteiger partial charge < -0.3 is 15.0 Å². The molecule has 0 radical (unpaired) electrons. The summed E-state index contributed by atoms with van der Waals surface area (Å²) in [5, 5.41) is 4.13. The van der Waals surface area contributed by atoms with Crippen LogP contribution in [0, 0.1) is 0 Å². The fourth-order valence-corrected chi connectivity index (χ4v) is 1.69. The van der Waals surface area contributed by atoms with Crippen LogP contribution < -0.4 is 10.1 Å². The second-order valence-electron chi connectivity index (χ2n) is 4.31.